The highest BCUT2D eigenvalue weighted by Gasteiger charge is 2.25. The normalized spacial score (nSPS) is 14.0. The summed E-state index contributed by atoms with van der Waals surface area (Å²) >= 11 is 3.54. The highest BCUT2D eigenvalue weighted by Crippen LogP contribution is 2.29. The van der Waals surface area contributed by atoms with E-state index in [4.69, 9.17) is 4.42 Å². The zero-order valence-electron chi connectivity index (χ0n) is 10.9. The van der Waals surface area contributed by atoms with Crippen molar-refractivity contribution in [2.24, 2.45) is 11.3 Å². The topological polar surface area (TPSA) is 35.1 Å². The van der Waals surface area contributed by atoms with Gasteiger partial charge in [0.25, 0.3) is 0 Å². The van der Waals surface area contributed by atoms with E-state index in [1.807, 2.05) is 24.3 Å². The van der Waals surface area contributed by atoms with Crippen molar-refractivity contribution in [2.45, 2.75) is 27.3 Å². The van der Waals surface area contributed by atoms with Gasteiger partial charge in [0.05, 0.1) is 5.52 Å². The number of hydrogen-bond acceptors (Lipinski definition) is 2. The molecule has 1 atom stereocenters. The third-order valence-electron chi connectivity index (χ3n) is 3.39. The summed E-state index contributed by atoms with van der Waals surface area (Å²) in [6.45, 7) is 7.23. The second kappa shape index (κ2) is 4.92. The zero-order chi connectivity index (χ0) is 13.3. The summed E-state index contributed by atoms with van der Waals surface area (Å²) in [5, 5.41) is 0.864. The molecule has 0 amide bonds. The minimum absolute atomic E-state index is 0.140. The molecule has 0 aliphatic carbocycles. The summed E-state index contributed by atoms with van der Waals surface area (Å²) < 4.78 is 6.98. The lowest BCUT2D eigenvalue weighted by atomic mass is 9.82. The van der Waals surface area contributed by atoms with Crippen LogP contribution < -0.4 is 5.76 Å². The van der Waals surface area contributed by atoms with Gasteiger partial charge in [0.1, 0.15) is 0 Å². The Bertz CT molecular complexity index is 592. The maximum atomic E-state index is 11.9. The van der Waals surface area contributed by atoms with Crippen LogP contribution in [0.5, 0.6) is 0 Å². The first kappa shape index (κ1) is 13.4. The van der Waals surface area contributed by atoms with Crippen molar-refractivity contribution < 1.29 is 4.42 Å². The SMILES string of the molecule is CC(C)(C)C(CBr)Cn1c(=O)oc2ccccc21. The van der Waals surface area contributed by atoms with Crippen LogP contribution in [0, 0.1) is 11.3 Å². The standard InChI is InChI=1S/C14H18BrNO2/c1-14(2,3)10(8-15)9-16-11-6-4-5-7-12(11)18-13(16)17/h4-7,10H,8-9H2,1-3H3. The summed E-state index contributed by atoms with van der Waals surface area (Å²) in [6.07, 6.45) is 0. The Morgan fingerprint density at radius 3 is 2.61 bits per heavy atom. The second-order valence-corrected chi connectivity index (χ2v) is 6.31. The summed E-state index contributed by atoms with van der Waals surface area (Å²) in [7, 11) is 0. The number of rotatable bonds is 3. The molecular formula is C14H18BrNO2. The lowest BCUT2D eigenvalue weighted by molar-refractivity contribution is 0.236. The van der Waals surface area contributed by atoms with Crippen molar-refractivity contribution in [3.8, 4) is 0 Å². The number of nitrogens with zero attached hydrogens (tertiary/aromatic N) is 1. The summed E-state index contributed by atoms with van der Waals surface area (Å²) in [5.41, 5.74) is 1.67. The van der Waals surface area contributed by atoms with Crippen LogP contribution in [0.15, 0.2) is 33.5 Å². The molecule has 0 bridgehead atoms. The minimum Gasteiger partial charge on any atom is -0.408 e. The quantitative estimate of drug-likeness (QED) is 0.811. The van der Waals surface area contributed by atoms with Crippen LogP contribution in [0.25, 0.3) is 11.1 Å². The lowest BCUT2D eigenvalue weighted by Gasteiger charge is -2.29. The minimum atomic E-state index is -0.272. The Hall–Kier alpha value is -1.03. The van der Waals surface area contributed by atoms with E-state index in [0.717, 1.165) is 10.8 Å². The number of fused-ring (bicyclic) bond motifs is 1. The van der Waals surface area contributed by atoms with Crippen LogP contribution in [-0.4, -0.2) is 9.90 Å². The molecule has 0 spiro atoms. The molecule has 1 heterocycles. The van der Waals surface area contributed by atoms with Crippen molar-refractivity contribution in [1.29, 1.82) is 0 Å². The van der Waals surface area contributed by atoms with E-state index in [1.165, 1.54) is 0 Å². The maximum absolute atomic E-state index is 11.9. The predicted octanol–water partition coefficient (Wildman–Crippen LogP) is 3.65. The Morgan fingerprint density at radius 2 is 2.00 bits per heavy atom. The number of benzene rings is 1. The molecule has 18 heavy (non-hydrogen) atoms. The first-order chi connectivity index (χ1) is 8.43. The van der Waals surface area contributed by atoms with Crippen molar-refractivity contribution in [2.75, 3.05) is 5.33 Å². The van der Waals surface area contributed by atoms with Crippen LogP contribution in [0.1, 0.15) is 20.8 Å². The van der Waals surface area contributed by atoms with E-state index in [0.29, 0.717) is 18.0 Å². The van der Waals surface area contributed by atoms with Crippen molar-refractivity contribution in [3.63, 3.8) is 0 Å². The number of oxazole rings is 1. The molecule has 98 valence electrons. The molecular weight excluding hydrogens is 294 g/mol. The van der Waals surface area contributed by atoms with Gasteiger partial charge in [-0.25, -0.2) is 4.79 Å². The van der Waals surface area contributed by atoms with Crippen molar-refractivity contribution >= 4 is 27.0 Å². The summed E-state index contributed by atoms with van der Waals surface area (Å²) in [5.74, 6) is 0.0996. The van der Waals surface area contributed by atoms with Gasteiger partial charge in [0.15, 0.2) is 5.58 Å². The Kier molecular flexibility index (Phi) is 3.66. The fourth-order valence-electron chi connectivity index (χ4n) is 1.96. The van der Waals surface area contributed by atoms with Gasteiger partial charge in [-0.05, 0) is 23.5 Å². The highest BCUT2D eigenvalue weighted by atomic mass is 79.9. The average molecular weight is 312 g/mol. The monoisotopic (exact) mass is 311 g/mol. The smallest absolute Gasteiger partial charge is 0.408 e. The molecule has 1 aromatic carbocycles. The molecule has 1 unspecified atom stereocenters. The van der Waals surface area contributed by atoms with Gasteiger partial charge in [-0.15, -0.1) is 0 Å². The highest BCUT2D eigenvalue weighted by molar-refractivity contribution is 9.09. The Morgan fingerprint density at radius 1 is 1.33 bits per heavy atom. The van der Waals surface area contributed by atoms with E-state index in [9.17, 15) is 4.79 Å². The average Bonchev–Trinajstić information content (AvgIpc) is 2.60. The van der Waals surface area contributed by atoms with Crippen molar-refractivity contribution in [1.82, 2.24) is 4.57 Å². The molecule has 2 rings (SSSR count). The van der Waals surface area contributed by atoms with Crippen LogP contribution in [0.4, 0.5) is 0 Å². The molecule has 0 saturated heterocycles. The van der Waals surface area contributed by atoms with Gasteiger partial charge in [-0.3, -0.25) is 4.57 Å². The summed E-state index contributed by atoms with van der Waals surface area (Å²) in [4.78, 5) is 11.9. The largest absolute Gasteiger partial charge is 0.419 e. The fourth-order valence-corrected chi connectivity index (χ4v) is 3.14. The molecule has 0 fully saturated rings. The van der Waals surface area contributed by atoms with Crippen LogP contribution >= 0.6 is 15.9 Å². The molecule has 4 heteroatoms. The van der Waals surface area contributed by atoms with E-state index >= 15 is 0 Å². The molecule has 0 radical (unpaired) electrons. The molecule has 2 aromatic rings. The second-order valence-electron chi connectivity index (χ2n) is 5.66. The van der Waals surface area contributed by atoms with Crippen LogP contribution in [0.2, 0.25) is 0 Å². The maximum Gasteiger partial charge on any atom is 0.419 e. The summed E-state index contributed by atoms with van der Waals surface area (Å²) in [6, 6.07) is 7.55. The molecule has 1 aromatic heterocycles. The van der Waals surface area contributed by atoms with E-state index in [1.54, 1.807) is 4.57 Å². The fraction of sp³-hybridized carbons (Fsp3) is 0.500. The van der Waals surface area contributed by atoms with Crippen molar-refractivity contribution in [3.05, 3.63) is 34.8 Å². The molecule has 0 aliphatic heterocycles. The number of para-hydroxylation sites is 2. The van der Waals surface area contributed by atoms with Gasteiger partial charge in [-0.2, -0.15) is 0 Å². The van der Waals surface area contributed by atoms with Gasteiger partial charge in [-0.1, -0.05) is 48.8 Å². The number of halogens is 1. The Balaban J connectivity index is 2.43. The number of hydrogen-bond donors (Lipinski definition) is 0. The lowest BCUT2D eigenvalue weighted by Crippen LogP contribution is -2.30. The zero-order valence-corrected chi connectivity index (χ0v) is 12.5. The van der Waals surface area contributed by atoms with Gasteiger partial charge in [0.2, 0.25) is 0 Å². The van der Waals surface area contributed by atoms with Crippen LogP contribution in [-0.2, 0) is 6.54 Å². The van der Waals surface area contributed by atoms with E-state index in [-0.39, 0.29) is 11.2 Å². The number of alkyl halides is 1. The third-order valence-corrected chi connectivity index (χ3v) is 4.17. The molecule has 0 N–H and O–H groups in total. The Labute approximate surface area is 115 Å². The van der Waals surface area contributed by atoms with E-state index < -0.39 is 0 Å². The van der Waals surface area contributed by atoms with E-state index in [2.05, 4.69) is 36.7 Å². The number of aromatic nitrogens is 1. The van der Waals surface area contributed by atoms with Gasteiger partial charge >= 0.3 is 5.76 Å². The van der Waals surface area contributed by atoms with Gasteiger partial charge in [0, 0.05) is 11.9 Å². The van der Waals surface area contributed by atoms with Crippen LogP contribution in [0.3, 0.4) is 0 Å². The predicted molar refractivity (Wildman–Crippen MR) is 77.2 cm³/mol. The molecule has 0 saturated carbocycles. The van der Waals surface area contributed by atoms with Gasteiger partial charge < -0.3 is 4.42 Å². The third kappa shape index (κ3) is 2.53. The molecule has 3 nitrogen and oxygen atoms in total. The first-order valence-electron chi connectivity index (χ1n) is 6.08. The first-order valence-corrected chi connectivity index (χ1v) is 7.20. The molecule has 0 aliphatic rings.